The zero-order valence-electron chi connectivity index (χ0n) is 11.5. The lowest BCUT2D eigenvalue weighted by Gasteiger charge is -2.11. The van der Waals surface area contributed by atoms with Gasteiger partial charge < -0.3 is 10.5 Å². The lowest BCUT2D eigenvalue weighted by Crippen LogP contribution is -2.03. The molecule has 0 aliphatic rings. The number of nitrogens with two attached hydrogens (primary N) is 1. The van der Waals surface area contributed by atoms with E-state index < -0.39 is 0 Å². The summed E-state index contributed by atoms with van der Waals surface area (Å²) in [5.74, 6) is 0.888. The largest absolute Gasteiger partial charge is 0.457 e. The molecular weight excluding hydrogens is 321 g/mol. The van der Waals surface area contributed by atoms with E-state index in [0.29, 0.717) is 24.5 Å². The van der Waals surface area contributed by atoms with Crippen molar-refractivity contribution in [1.82, 2.24) is 0 Å². The van der Waals surface area contributed by atoms with Gasteiger partial charge in [-0.05, 0) is 67.8 Å². The summed E-state index contributed by atoms with van der Waals surface area (Å²) in [6.07, 6.45) is 0.631. The Morgan fingerprint density at radius 2 is 1.65 bits per heavy atom. The van der Waals surface area contributed by atoms with Crippen LogP contribution in [0.1, 0.15) is 16.7 Å². The first-order valence-electron chi connectivity index (χ1n) is 6.43. The van der Waals surface area contributed by atoms with Crippen LogP contribution in [0.15, 0.2) is 34.8 Å². The third kappa shape index (κ3) is 3.58. The molecule has 0 fully saturated rings. The van der Waals surface area contributed by atoms with E-state index in [0.717, 1.165) is 21.2 Å². The lowest BCUT2D eigenvalue weighted by molar-refractivity contribution is 0.475. The molecule has 0 aromatic heterocycles. The van der Waals surface area contributed by atoms with E-state index in [2.05, 4.69) is 15.9 Å². The summed E-state index contributed by atoms with van der Waals surface area (Å²) in [4.78, 5) is 0. The fourth-order valence-electron chi connectivity index (χ4n) is 2.09. The van der Waals surface area contributed by atoms with Gasteiger partial charge in [0.25, 0.3) is 0 Å². The highest BCUT2D eigenvalue weighted by atomic mass is 79.9. The van der Waals surface area contributed by atoms with Crippen molar-refractivity contribution in [2.24, 2.45) is 5.73 Å². The van der Waals surface area contributed by atoms with E-state index in [1.54, 1.807) is 0 Å². The normalized spacial score (nSPS) is 10.7. The predicted molar refractivity (Wildman–Crippen MR) is 82.8 cm³/mol. The first kappa shape index (κ1) is 15.0. The molecular formula is C16H17BrFNO. The Balaban J connectivity index is 2.30. The first-order chi connectivity index (χ1) is 9.49. The zero-order valence-corrected chi connectivity index (χ0v) is 13.1. The molecule has 0 bridgehead atoms. The van der Waals surface area contributed by atoms with Gasteiger partial charge in [-0.3, -0.25) is 0 Å². The average molecular weight is 338 g/mol. The van der Waals surface area contributed by atoms with Crippen LogP contribution in [0, 0.1) is 19.7 Å². The maximum atomic E-state index is 13.5. The third-order valence-corrected chi connectivity index (χ3v) is 4.26. The summed E-state index contributed by atoms with van der Waals surface area (Å²) in [7, 11) is 0. The molecule has 0 spiro atoms. The van der Waals surface area contributed by atoms with Gasteiger partial charge in [0.15, 0.2) is 0 Å². The topological polar surface area (TPSA) is 35.2 Å². The molecule has 0 aliphatic carbocycles. The summed E-state index contributed by atoms with van der Waals surface area (Å²) in [5, 5.41) is 0. The van der Waals surface area contributed by atoms with Crippen molar-refractivity contribution in [3.8, 4) is 11.5 Å². The number of hydrogen-bond donors (Lipinski definition) is 1. The quantitative estimate of drug-likeness (QED) is 0.891. The van der Waals surface area contributed by atoms with Gasteiger partial charge >= 0.3 is 0 Å². The second-order valence-electron chi connectivity index (χ2n) is 4.81. The average Bonchev–Trinajstić information content (AvgIpc) is 2.35. The van der Waals surface area contributed by atoms with Crippen molar-refractivity contribution in [2.45, 2.75) is 20.3 Å². The minimum Gasteiger partial charge on any atom is -0.457 e. The first-order valence-corrected chi connectivity index (χ1v) is 7.23. The molecule has 2 N–H and O–H groups in total. The molecule has 0 radical (unpaired) electrons. The highest BCUT2D eigenvalue weighted by molar-refractivity contribution is 9.10. The van der Waals surface area contributed by atoms with Gasteiger partial charge in [0.1, 0.15) is 17.3 Å². The fourth-order valence-corrected chi connectivity index (χ4v) is 2.32. The summed E-state index contributed by atoms with van der Waals surface area (Å²) < 4.78 is 20.4. The van der Waals surface area contributed by atoms with Crippen molar-refractivity contribution in [3.05, 3.63) is 57.3 Å². The van der Waals surface area contributed by atoms with Crippen LogP contribution in [0.2, 0.25) is 0 Å². The van der Waals surface area contributed by atoms with E-state index in [4.69, 9.17) is 10.5 Å². The Bertz CT molecular complexity index is 605. The van der Waals surface area contributed by atoms with Crippen LogP contribution in [0.3, 0.4) is 0 Å². The second kappa shape index (κ2) is 6.37. The zero-order chi connectivity index (χ0) is 14.7. The molecule has 0 unspecified atom stereocenters. The summed E-state index contributed by atoms with van der Waals surface area (Å²) in [6.45, 7) is 4.48. The summed E-state index contributed by atoms with van der Waals surface area (Å²) >= 11 is 3.51. The molecule has 2 aromatic carbocycles. The van der Waals surface area contributed by atoms with Crippen molar-refractivity contribution in [3.63, 3.8) is 0 Å². The van der Waals surface area contributed by atoms with Gasteiger partial charge in [-0.1, -0.05) is 15.9 Å². The van der Waals surface area contributed by atoms with E-state index in [-0.39, 0.29) is 5.82 Å². The van der Waals surface area contributed by atoms with Crippen LogP contribution in [-0.2, 0) is 6.42 Å². The van der Waals surface area contributed by atoms with Gasteiger partial charge in [-0.2, -0.15) is 0 Å². The SMILES string of the molecule is Cc1cc(Oc2cc(F)cc(CCN)c2)cc(C)c1Br. The molecule has 0 aliphatic heterocycles. The van der Waals surface area contributed by atoms with Gasteiger partial charge in [0, 0.05) is 10.5 Å². The van der Waals surface area contributed by atoms with Crippen LogP contribution >= 0.6 is 15.9 Å². The van der Waals surface area contributed by atoms with Crippen molar-refractivity contribution < 1.29 is 9.13 Å². The lowest BCUT2D eigenvalue weighted by atomic mass is 10.1. The maximum absolute atomic E-state index is 13.5. The Kier molecular flexibility index (Phi) is 4.78. The molecule has 0 atom stereocenters. The van der Waals surface area contributed by atoms with Crippen LogP contribution in [0.5, 0.6) is 11.5 Å². The molecule has 2 nitrogen and oxygen atoms in total. The van der Waals surface area contributed by atoms with E-state index in [9.17, 15) is 4.39 Å². The predicted octanol–water partition coefficient (Wildman–Crippen LogP) is 4.50. The molecule has 0 heterocycles. The molecule has 4 heteroatoms. The van der Waals surface area contributed by atoms with Gasteiger partial charge in [-0.25, -0.2) is 4.39 Å². The fraction of sp³-hybridized carbons (Fsp3) is 0.250. The number of halogens is 2. The maximum Gasteiger partial charge on any atom is 0.130 e. The number of ether oxygens (including phenoxy) is 1. The molecule has 0 saturated heterocycles. The summed E-state index contributed by atoms with van der Waals surface area (Å²) in [5.41, 5.74) is 8.51. The molecule has 0 amide bonds. The Hall–Kier alpha value is -1.39. The Labute approximate surface area is 126 Å². The van der Waals surface area contributed by atoms with E-state index >= 15 is 0 Å². The molecule has 0 saturated carbocycles. The molecule has 20 heavy (non-hydrogen) atoms. The van der Waals surface area contributed by atoms with E-state index in [1.807, 2.05) is 32.0 Å². The standard InChI is InChI=1S/C16H17BrFNO/c1-10-5-14(6-11(2)16(10)17)20-15-8-12(3-4-19)7-13(18)9-15/h5-9H,3-4,19H2,1-2H3. The van der Waals surface area contributed by atoms with Gasteiger partial charge in [0.05, 0.1) is 0 Å². The van der Waals surface area contributed by atoms with Crippen LogP contribution in [0.4, 0.5) is 4.39 Å². The number of benzene rings is 2. The Morgan fingerprint density at radius 1 is 1.05 bits per heavy atom. The van der Waals surface area contributed by atoms with Crippen LogP contribution in [-0.4, -0.2) is 6.54 Å². The number of aryl methyl sites for hydroxylation is 2. The molecule has 106 valence electrons. The van der Waals surface area contributed by atoms with Crippen LogP contribution in [0.25, 0.3) is 0 Å². The van der Waals surface area contributed by atoms with Crippen molar-refractivity contribution in [1.29, 1.82) is 0 Å². The third-order valence-electron chi connectivity index (χ3n) is 3.01. The van der Waals surface area contributed by atoms with Crippen molar-refractivity contribution >= 4 is 15.9 Å². The second-order valence-corrected chi connectivity index (χ2v) is 5.60. The highest BCUT2D eigenvalue weighted by Gasteiger charge is 2.06. The molecule has 2 aromatic rings. The van der Waals surface area contributed by atoms with Gasteiger partial charge in [0.2, 0.25) is 0 Å². The minimum atomic E-state index is -0.309. The van der Waals surface area contributed by atoms with Crippen LogP contribution < -0.4 is 10.5 Å². The number of rotatable bonds is 4. The summed E-state index contributed by atoms with van der Waals surface area (Å²) in [6, 6.07) is 8.53. The number of hydrogen-bond acceptors (Lipinski definition) is 2. The van der Waals surface area contributed by atoms with Crippen molar-refractivity contribution in [2.75, 3.05) is 6.54 Å². The van der Waals surface area contributed by atoms with E-state index in [1.165, 1.54) is 12.1 Å². The van der Waals surface area contributed by atoms with Gasteiger partial charge in [-0.15, -0.1) is 0 Å². The Morgan fingerprint density at radius 3 is 2.25 bits per heavy atom. The monoisotopic (exact) mass is 337 g/mol. The minimum absolute atomic E-state index is 0.309. The highest BCUT2D eigenvalue weighted by Crippen LogP contribution is 2.30. The molecule has 2 rings (SSSR count). The smallest absolute Gasteiger partial charge is 0.130 e.